The summed E-state index contributed by atoms with van der Waals surface area (Å²) < 4.78 is 5.41. The van der Waals surface area contributed by atoms with Crippen LogP contribution in [0.25, 0.3) is 0 Å². The monoisotopic (exact) mass is 284 g/mol. The van der Waals surface area contributed by atoms with Gasteiger partial charge in [-0.25, -0.2) is 4.79 Å². The van der Waals surface area contributed by atoms with E-state index >= 15 is 0 Å². The molecule has 0 aromatic carbocycles. The third kappa shape index (κ3) is 3.93. The fourth-order valence-electron chi connectivity index (χ4n) is 2.82. The smallest absolute Gasteiger partial charge is 0.332 e. The number of carbonyl (C=O) groups is 2. The summed E-state index contributed by atoms with van der Waals surface area (Å²) in [6.07, 6.45) is 3.88. The first-order chi connectivity index (χ1) is 9.58. The zero-order valence-electron chi connectivity index (χ0n) is 12.0. The average molecular weight is 284 g/mol. The van der Waals surface area contributed by atoms with Crippen LogP contribution >= 0.6 is 0 Å². The molecular formula is C14H24N2O4. The Morgan fingerprint density at radius 1 is 1.30 bits per heavy atom. The molecule has 2 aliphatic rings. The number of likely N-dealkylation sites (tertiary alicyclic amines) is 1. The highest BCUT2D eigenvalue weighted by Crippen LogP contribution is 2.19. The molecule has 0 saturated carbocycles. The normalized spacial score (nSPS) is 28.4. The van der Waals surface area contributed by atoms with E-state index in [1.165, 1.54) is 6.42 Å². The molecular weight excluding hydrogens is 260 g/mol. The average Bonchev–Trinajstić information content (AvgIpc) is 2.94. The van der Waals surface area contributed by atoms with Crippen LogP contribution < -0.4 is 5.32 Å². The summed E-state index contributed by atoms with van der Waals surface area (Å²) in [4.78, 5) is 24.9. The van der Waals surface area contributed by atoms with Crippen molar-refractivity contribution in [3.8, 4) is 0 Å². The molecule has 3 unspecified atom stereocenters. The van der Waals surface area contributed by atoms with Crippen LogP contribution in [-0.2, 0) is 14.3 Å². The first kappa shape index (κ1) is 15.3. The highest BCUT2D eigenvalue weighted by atomic mass is 16.5. The van der Waals surface area contributed by atoms with Gasteiger partial charge in [-0.3, -0.25) is 4.79 Å². The van der Waals surface area contributed by atoms with E-state index in [4.69, 9.17) is 9.84 Å². The Morgan fingerprint density at radius 2 is 2.00 bits per heavy atom. The van der Waals surface area contributed by atoms with Gasteiger partial charge in [-0.2, -0.15) is 0 Å². The first-order valence-electron chi connectivity index (χ1n) is 7.48. The largest absolute Gasteiger partial charge is 0.479 e. The van der Waals surface area contributed by atoms with E-state index in [9.17, 15) is 9.59 Å². The van der Waals surface area contributed by atoms with Gasteiger partial charge in [0.25, 0.3) is 0 Å². The second-order valence-electron chi connectivity index (χ2n) is 5.68. The van der Waals surface area contributed by atoms with Gasteiger partial charge in [-0.1, -0.05) is 0 Å². The Labute approximate surface area is 119 Å². The minimum atomic E-state index is -0.898. The molecule has 2 rings (SSSR count). The standard InChI is InChI=1S/C14H24N2O4/c1-10(13(17)16-7-3-2-4-8-16)15-9-11-5-6-12(20-11)14(18)19/h10-12,15H,2-9H2,1H3,(H,18,19). The number of ether oxygens (including phenoxy) is 1. The maximum atomic E-state index is 12.2. The number of piperidine rings is 1. The van der Waals surface area contributed by atoms with Crippen molar-refractivity contribution in [3.63, 3.8) is 0 Å². The number of aliphatic carboxylic acids is 1. The Hall–Kier alpha value is -1.14. The van der Waals surface area contributed by atoms with Crippen molar-refractivity contribution in [2.75, 3.05) is 19.6 Å². The van der Waals surface area contributed by atoms with E-state index in [0.717, 1.165) is 32.4 Å². The second-order valence-corrected chi connectivity index (χ2v) is 5.68. The van der Waals surface area contributed by atoms with Gasteiger partial charge in [0.2, 0.25) is 5.91 Å². The molecule has 2 N–H and O–H groups in total. The molecule has 0 spiro atoms. The zero-order chi connectivity index (χ0) is 14.5. The molecule has 6 nitrogen and oxygen atoms in total. The van der Waals surface area contributed by atoms with Gasteiger partial charge in [-0.05, 0) is 39.0 Å². The number of hydrogen-bond acceptors (Lipinski definition) is 4. The van der Waals surface area contributed by atoms with Gasteiger partial charge < -0.3 is 20.1 Å². The maximum Gasteiger partial charge on any atom is 0.332 e. The highest BCUT2D eigenvalue weighted by molar-refractivity contribution is 5.81. The lowest BCUT2D eigenvalue weighted by atomic mass is 10.1. The van der Waals surface area contributed by atoms with Crippen molar-refractivity contribution in [1.29, 1.82) is 0 Å². The highest BCUT2D eigenvalue weighted by Gasteiger charge is 2.31. The van der Waals surface area contributed by atoms with Crippen molar-refractivity contribution in [2.24, 2.45) is 0 Å². The third-order valence-electron chi connectivity index (χ3n) is 4.07. The van der Waals surface area contributed by atoms with E-state index in [1.807, 2.05) is 11.8 Å². The van der Waals surface area contributed by atoms with Gasteiger partial charge in [0, 0.05) is 19.6 Å². The van der Waals surface area contributed by atoms with Crippen LogP contribution in [0, 0.1) is 0 Å². The SMILES string of the molecule is CC(NCC1CCC(C(=O)O)O1)C(=O)N1CCCCC1. The number of hydrogen-bond donors (Lipinski definition) is 2. The predicted molar refractivity (Wildman–Crippen MR) is 73.4 cm³/mol. The zero-order valence-corrected chi connectivity index (χ0v) is 12.0. The molecule has 114 valence electrons. The summed E-state index contributed by atoms with van der Waals surface area (Å²) >= 11 is 0. The molecule has 2 aliphatic heterocycles. The van der Waals surface area contributed by atoms with E-state index in [2.05, 4.69) is 5.32 Å². The Morgan fingerprint density at radius 3 is 2.60 bits per heavy atom. The van der Waals surface area contributed by atoms with Crippen molar-refractivity contribution in [2.45, 2.75) is 57.3 Å². The Kier molecular flexibility index (Phi) is 5.37. The summed E-state index contributed by atoms with van der Waals surface area (Å²) in [5, 5.41) is 12.0. The maximum absolute atomic E-state index is 12.2. The number of carbonyl (C=O) groups excluding carboxylic acids is 1. The molecule has 2 fully saturated rings. The molecule has 6 heteroatoms. The number of nitrogens with zero attached hydrogens (tertiary/aromatic N) is 1. The fraction of sp³-hybridized carbons (Fsp3) is 0.857. The predicted octanol–water partition coefficient (Wildman–Crippen LogP) is 0.609. The third-order valence-corrected chi connectivity index (χ3v) is 4.07. The summed E-state index contributed by atoms with van der Waals surface area (Å²) in [6.45, 7) is 4.10. The summed E-state index contributed by atoms with van der Waals surface area (Å²) in [6, 6.07) is -0.236. The fourth-order valence-corrected chi connectivity index (χ4v) is 2.82. The second kappa shape index (κ2) is 7.04. The minimum absolute atomic E-state index is 0.104. The lowest BCUT2D eigenvalue weighted by Crippen LogP contribution is -2.48. The molecule has 1 amide bonds. The Bertz CT molecular complexity index is 355. The minimum Gasteiger partial charge on any atom is -0.479 e. The van der Waals surface area contributed by atoms with Crippen molar-refractivity contribution < 1.29 is 19.4 Å². The summed E-state index contributed by atoms with van der Waals surface area (Å²) in [5.41, 5.74) is 0. The lowest BCUT2D eigenvalue weighted by molar-refractivity contribution is -0.149. The molecule has 0 aromatic heterocycles. The summed E-state index contributed by atoms with van der Waals surface area (Å²) in [7, 11) is 0. The molecule has 0 bridgehead atoms. The topological polar surface area (TPSA) is 78.9 Å². The number of rotatable bonds is 5. The van der Waals surface area contributed by atoms with Crippen molar-refractivity contribution in [1.82, 2.24) is 10.2 Å². The van der Waals surface area contributed by atoms with Gasteiger partial charge in [-0.15, -0.1) is 0 Å². The van der Waals surface area contributed by atoms with Gasteiger partial charge in [0.1, 0.15) is 0 Å². The first-order valence-corrected chi connectivity index (χ1v) is 7.48. The van der Waals surface area contributed by atoms with Gasteiger partial charge >= 0.3 is 5.97 Å². The molecule has 20 heavy (non-hydrogen) atoms. The van der Waals surface area contributed by atoms with E-state index in [1.54, 1.807) is 0 Å². The number of nitrogens with one attached hydrogen (secondary N) is 1. The van der Waals surface area contributed by atoms with Crippen molar-refractivity contribution in [3.05, 3.63) is 0 Å². The van der Waals surface area contributed by atoms with Crippen LogP contribution in [0.5, 0.6) is 0 Å². The number of amides is 1. The quantitative estimate of drug-likeness (QED) is 0.773. The molecule has 3 atom stereocenters. The van der Waals surface area contributed by atoms with Crippen LogP contribution in [0.15, 0.2) is 0 Å². The van der Waals surface area contributed by atoms with E-state index in [-0.39, 0.29) is 18.1 Å². The van der Waals surface area contributed by atoms with E-state index in [0.29, 0.717) is 13.0 Å². The van der Waals surface area contributed by atoms with Crippen LogP contribution in [0.3, 0.4) is 0 Å². The molecule has 0 radical (unpaired) electrons. The van der Waals surface area contributed by atoms with Gasteiger partial charge in [0.15, 0.2) is 6.10 Å². The van der Waals surface area contributed by atoms with Crippen LogP contribution in [-0.4, -0.2) is 59.8 Å². The van der Waals surface area contributed by atoms with Crippen molar-refractivity contribution >= 4 is 11.9 Å². The van der Waals surface area contributed by atoms with Crippen LogP contribution in [0.1, 0.15) is 39.0 Å². The van der Waals surface area contributed by atoms with Crippen LogP contribution in [0.4, 0.5) is 0 Å². The number of carboxylic acids is 1. The lowest BCUT2D eigenvalue weighted by Gasteiger charge is -2.29. The number of carboxylic acid groups (broad SMARTS) is 1. The van der Waals surface area contributed by atoms with Gasteiger partial charge in [0.05, 0.1) is 12.1 Å². The molecule has 0 aromatic rings. The van der Waals surface area contributed by atoms with E-state index < -0.39 is 12.1 Å². The molecule has 0 aliphatic carbocycles. The molecule has 2 heterocycles. The Balaban J connectivity index is 1.70. The summed E-state index contributed by atoms with van der Waals surface area (Å²) in [5.74, 6) is -0.762. The molecule has 2 saturated heterocycles. The van der Waals surface area contributed by atoms with Crippen LogP contribution in [0.2, 0.25) is 0 Å².